The Hall–Kier alpha value is -1.51. The van der Waals surface area contributed by atoms with E-state index in [1.807, 2.05) is 26.0 Å². The van der Waals surface area contributed by atoms with Crippen molar-refractivity contribution in [1.82, 2.24) is 0 Å². The zero-order valence-corrected chi connectivity index (χ0v) is 9.16. The lowest BCUT2D eigenvalue weighted by atomic mass is 10.1. The molecular weight excluding hydrogens is 192 g/mol. The first-order valence-electron chi connectivity index (χ1n) is 4.99. The molecule has 1 aliphatic heterocycles. The third kappa shape index (κ3) is 1.69. The van der Waals surface area contributed by atoms with Crippen molar-refractivity contribution in [3.63, 3.8) is 0 Å². The predicted octanol–water partition coefficient (Wildman–Crippen LogP) is 2.03. The van der Waals surface area contributed by atoms with Crippen molar-refractivity contribution in [3.8, 4) is 11.5 Å². The van der Waals surface area contributed by atoms with E-state index in [4.69, 9.17) is 9.47 Å². The predicted molar refractivity (Wildman–Crippen MR) is 56.5 cm³/mol. The van der Waals surface area contributed by atoms with Gasteiger partial charge in [0.25, 0.3) is 0 Å². The lowest BCUT2D eigenvalue weighted by Gasteiger charge is -2.27. The fourth-order valence-corrected chi connectivity index (χ4v) is 1.62. The molecule has 80 valence electrons. The minimum absolute atomic E-state index is 0.00144. The van der Waals surface area contributed by atoms with Crippen LogP contribution >= 0.6 is 0 Å². The van der Waals surface area contributed by atoms with Gasteiger partial charge in [0.05, 0.1) is 0 Å². The second-order valence-electron chi connectivity index (χ2n) is 3.89. The Labute approximate surface area is 89.0 Å². The third-order valence-electron chi connectivity index (χ3n) is 2.60. The Kier molecular flexibility index (Phi) is 2.39. The maximum atomic E-state index is 11.2. The molecule has 0 radical (unpaired) electrons. The van der Waals surface area contributed by atoms with E-state index in [1.165, 1.54) is 6.92 Å². The van der Waals surface area contributed by atoms with Crippen molar-refractivity contribution in [3.05, 3.63) is 23.3 Å². The zero-order chi connectivity index (χ0) is 11.0. The summed E-state index contributed by atoms with van der Waals surface area (Å²) in [5.74, 6) is 1.48. The van der Waals surface area contributed by atoms with Crippen LogP contribution in [0.4, 0.5) is 0 Å². The monoisotopic (exact) mass is 206 g/mol. The molecule has 1 aromatic carbocycles. The summed E-state index contributed by atoms with van der Waals surface area (Å²) in [5.41, 5.74) is 2.04. The largest absolute Gasteiger partial charge is 0.485 e. The first-order chi connectivity index (χ1) is 7.09. The van der Waals surface area contributed by atoms with Crippen LogP contribution in [-0.4, -0.2) is 18.5 Å². The maximum Gasteiger partial charge on any atom is 0.190 e. The van der Waals surface area contributed by atoms with Gasteiger partial charge in [-0.05, 0) is 31.9 Å². The average molecular weight is 206 g/mol. The molecule has 0 N–H and O–H groups in total. The highest BCUT2D eigenvalue weighted by Gasteiger charge is 2.26. The quantitative estimate of drug-likeness (QED) is 0.705. The lowest BCUT2D eigenvalue weighted by molar-refractivity contribution is -0.125. The van der Waals surface area contributed by atoms with Gasteiger partial charge in [-0.2, -0.15) is 0 Å². The molecule has 3 heteroatoms. The summed E-state index contributed by atoms with van der Waals surface area (Å²) in [4.78, 5) is 11.2. The molecule has 0 amide bonds. The van der Waals surface area contributed by atoms with Crippen molar-refractivity contribution >= 4 is 5.78 Å². The van der Waals surface area contributed by atoms with Crippen molar-refractivity contribution in [2.75, 3.05) is 6.61 Å². The van der Waals surface area contributed by atoms with Crippen LogP contribution in [0.2, 0.25) is 0 Å². The minimum Gasteiger partial charge on any atom is -0.485 e. The molecule has 0 saturated carbocycles. The van der Waals surface area contributed by atoms with E-state index in [2.05, 4.69) is 0 Å². The zero-order valence-electron chi connectivity index (χ0n) is 9.16. The highest BCUT2D eigenvalue weighted by atomic mass is 16.6. The molecule has 0 bridgehead atoms. The number of benzene rings is 1. The summed E-state index contributed by atoms with van der Waals surface area (Å²) in [6.07, 6.45) is -0.460. The van der Waals surface area contributed by atoms with E-state index in [1.54, 1.807) is 0 Å². The molecule has 1 aliphatic rings. The van der Waals surface area contributed by atoms with Gasteiger partial charge in [0.1, 0.15) is 6.61 Å². The number of ether oxygens (including phenoxy) is 2. The van der Waals surface area contributed by atoms with Gasteiger partial charge in [-0.25, -0.2) is 0 Å². The number of aryl methyl sites for hydroxylation is 2. The molecule has 0 spiro atoms. The van der Waals surface area contributed by atoms with Crippen LogP contribution in [0.5, 0.6) is 11.5 Å². The van der Waals surface area contributed by atoms with Gasteiger partial charge in [-0.3, -0.25) is 4.79 Å². The van der Waals surface area contributed by atoms with Gasteiger partial charge in [-0.1, -0.05) is 12.1 Å². The number of Topliss-reactive ketones (excluding diaryl/α,β-unsaturated/α-hetero) is 1. The molecule has 3 nitrogen and oxygen atoms in total. The standard InChI is InChI=1S/C12H14O3/c1-7-4-5-8(2)12-11(7)14-6-10(15-12)9(3)13/h4-5,10H,6H2,1-3H3. The van der Waals surface area contributed by atoms with Gasteiger partial charge in [0.2, 0.25) is 0 Å². The Morgan fingerprint density at radius 1 is 1.27 bits per heavy atom. The third-order valence-corrected chi connectivity index (χ3v) is 2.60. The van der Waals surface area contributed by atoms with Crippen molar-refractivity contribution in [1.29, 1.82) is 0 Å². The molecule has 1 unspecified atom stereocenters. The van der Waals surface area contributed by atoms with Crippen molar-refractivity contribution in [2.45, 2.75) is 26.9 Å². The number of fused-ring (bicyclic) bond motifs is 1. The summed E-state index contributed by atoms with van der Waals surface area (Å²) in [6.45, 7) is 5.75. The van der Waals surface area contributed by atoms with Gasteiger partial charge in [0, 0.05) is 0 Å². The Bertz CT molecular complexity index is 410. The Balaban J connectivity index is 2.41. The second-order valence-corrected chi connectivity index (χ2v) is 3.89. The van der Waals surface area contributed by atoms with Crippen molar-refractivity contribution in [2.24, 2.45) is 0 Å². The summed E-state index contributed by atoms with van der Waals surface area (Å²) in [6, 6.07) is 3.96. The molecular formula is C12H14O3. The molecule has 0 saturated heterocycles. The van der Waals surface area contributed by atoms with Crippen LogP contribution in [-0.2, 0) is 4.79 Å². The second kappa shape index (κ2) is 3.57. The number of ketones is 1. The molecule has 1 aromatic rings. The van der Waals surface area contributed by atoms with Gasteiger partial charge >= 0.3 is 0 Å². The van der Waals surface area contributed by atoms with E-state index in [-0.39, 0.29) is 5.78 Å². The summed E-state index contributed by atoms with van der Waals surface area (Å²) in [5, 5.41) is 0. The number of carbonyl (C=O) groups is 1. The number of hydrogen-bond acceptors (Lipinski definition) is 3. The smallest absolute Gasteiger partial charge is 0.190 e. The van der Waals surface area contributed by atoms with E-state index in [0.29, 0.717) is 12.4 Å². The number of carbonyl (C=O) groups excluding carboxylic acids is 1. The minimum atomic E-state index is -0.460. The first-order valence-corrected chi connectivity index (χ1v) is 4.99. The number of hydrogen-bond donors (Lipinski definition) is 0. The molecule has 0 aliphatic carbocycles. The fourth-order valence-electron chi connectivity index (χ4n) is 1.62. The molecule has 2 rings (SSSR count). The van der Waals surface area contributed by atoms with Crippen molar-refractivity contribution < 1.29 is 14.3 Å². The molecule has 1 atom stereocenters. The lowest BCUT2D eigenvalue weighted by Crippen LogP contribution is -2.35. The van der Waals surface area contributed by atoms with Gasteiger partial charge in [-0.15, -0.1) is 0 Å². The fraction of sp³-hybridized carbons (Fsp3) is 0.417. The average Bonchev–Trinajstić information content (AvgIpc) is 2.23. The van der Waals surface area contributed by atoms with Crippen LogP contribution in [0.1, 0.15) is 18.1 Å². The van der Waals surface area contributed by atoms with Crippen LogP contribution in [0.25, 0.3) is 0 Å². The molecule has 0 aromatic heterocycles. The maximum absolute atomic E-state index is 11.2. The molecule has 15 heavy (non-hydrogen) atoms. The summed E-state index contributed by atoms with van der Waals surface area (Å²) >= 11 is 0. The summed E-state index contributed by atoms with van der Waals surface area (Å²) in [7, 11) is 0. The van der Waals surface area contributed by atoms with Gasteiger partial charge in [0.15, 0.2) is 23.4 Å². The van der Waals surface area contributed by atoms with Crippen LogP contribution in [0.3, 0.4) is 0 Å². The highest BCUT2D eigenvalue weighted by Crippen LogP contribution is 2.37. The SMILES string of the molecule is CC(=O)C1COc2c(C)ccc(C)c2O1. The van der Waals surface area contributed by atoms with Crippen LogP contribution in [0.15, 0.2) is 12.1 Å². The van der Waals surface area contributed by atoms with Gasteiger partial charge < -0.3 is 9.47 Å². The molecule has 0 fully saturated rings. The van der Waals surface area contributed by atoms with E-state index in [0.717, 1.165) is 16.9 Å². The number of rotatable bonds is 1. The van der Waals surface area contributed by atoms with E-state index >= 15 is 0 Å². The first kappa shape index (κ1) is 10.0. The van der Waals surface area contributed by atoms with Crippen LogP contribution < -0.4 is 9.47 Å². The Morgan fingerprint density at radius 2 is 1.87 bits per heavy atom. The van der Waals surface area contributed by atoms with E-state index in [9.17, 15) is 4.79 Å². The normalized spacial score (nSPS) is 18.7. The van der Waals surface area contributed by atoms with Crippen LogP contribution in [0, 0.1) is 13.8 Å². The summed E-state index contributed by atoms with van der Waals surface area (Å²) < 4.78 is 11.2. The molecule has 1 heterocycles. The Morgan fingerprint density at radius 3 is 2.47 bits per heavy atom. The topological polar surface area (TPSA) is 35.5 Å². The van der Waals surface area contributed by atoms with E-state index < -0.39 is 6.10 Å². The highest BCUT2D eigenvalue weighted by molar-refractivity contribution is 5.81.